The van der Waals surface area contributed by atoms with Crippen molar-refractivity contribution < 1.29 is 18.8 Å². The molecule has 1 aromatic heterocycles. The highest BCUT2D eigenvalue weighted by molar-refractivity contribution is 6.39. The fourth-order valence-electron chi connectivity index (χ4n) is 3.73. The van der Waals surface area contributed by atoms with Crippen LogP contribution in [0.25, 0.3) is 22.5 Å². The number of amides is 4. The maximum absolute atomic E-state index is 14.3. The third kappa shape index (κ3) is 3.26. The predicted molar refractivity (Wildman–Crippen MR) is 119 cm³/mol. The molecule has 156 valence electrons. The van der Waals surface area contributed by atoms with Crippen molar-refractivity contribution in [3.63, 3.8) is 0 Å². The molecule has 0 unspecified atom stereocenters. The Hall–Kier alpha value is -4.52. The average Bonchev–Trinajstić information content (AvgIpc) is 3.26. The normalized spacial score (nSPS) is 15.5. The molecular formula is C25H16FN3O3. The standard InChI is InChI=1S/C25H16FN3O3/c26-21-9-3-4-10-22(21)29-24(31)20(23(30)27-25(29)32)15-18-8-5-13-28(18)19-12-11-16-6-1-2-7-17(16)14-19/h1-15H,(H,27,30,32)/b20-15+. The number of nitrogens with one attached hydrogen (secondary N) is 1. The molecule has 1 fully saturated rings. The molecule has 4 aromatic rings. The van der Waals surface area contributed by atoms with Crippen molar-refractivity contribution in [2.24, 2.45) is 0 Å². The first kappa shape index (κ1) is 19.4. The van der Waals surface area contributed by atoms with Gasteiger partial charge in [0.1, 0.15) is 11.4 Å². The summed E-state index contributed by atoms with van der Waals surface area (Å²) >= 11 is 0. The maximum atomic E-state index is 14.3. The van der Waals surface area contributed by atoms with Crippen LogP contribution in [0.15, 0.2) is 90.6 Å². The number of carbonyl (C=O) groups is 3. The second-order valence-corrected chi connectivity index (χ2v) is 7.24. The van der Waals surface area contributed by atoms with E-state index in [1.54, 1.807) is 12.1 Å². The molecule has 1 saturated heterocycles. The quantitative estimate of drug-likeness (QED) is 0.390. The lowest BCUT2D eigenvalue weighted by molar-refractivity contribution is -0.122. The number of nitrogens with zero attached hydrogens (tertiary/aromatic N) is 2. The highest BCUT2D eigenvalue weighted by Crippen LogP contribution is 2.26. The summed E-state index contributed by atoms with van der Waals surface area (Å²) in [5, 5.41) is 4.24. The van der Waals surface area contributed by atoms with Gasteiger partial charge in [-0.3, -0.25) is 14.9 Å². The molecule has 4 amide bonds. The van der Waals surface area contributed by atoms with Gasteiger partial charge < -0.3 is 4.57 Å². The van der Waals surface area contributed by atoms with Crippen molar-refractivity contribution in [1.29, 1.82) is 0 Å². The number of urea groups is 1. The minimum atomic E-state index is -0.993. The van der Waals surface area contributed by atoms with E-state index in [-0.39, 0.29) is 11.3 Å². The summed E-state index contributed by atoms with van der Waals surface area (Å²) in [6, 6.07) is 21.8. The average molecular weight is 425 g/mol. The molecule has 7 heteroatoms. The van der Waals surface area contributed by atoms with Gasteiger partial charge in [-0.15, -0.1) is 0 Å². The van der Waals surface area contributed by atoms with Crippen molar-refractivity contribution in [2.75, 3.05) is 4.90 Å². The molecule has 6 nitrogen and oxygen atoms in total. The number of para-hydroxylation sites is 1. The van der Waals surface area contributed by atoms with E-state index in [4.69, 9.17) is 0 Å². The minimum absolute atomic E-state index is 0.224. The van der Waals surface area contributed by atoms with Crippen LogP contribution in [0.3, 0.4) is 0 Å². The van der Waals surface area contributed by atoms with Crippen molar-refractivity contribution >= 4 is 40.4 Å². The Kier molecular flexibility index (Phi) is 4.63. The summed E-state index contributed by atoms with van der Waals surface area (Å²) in [4.78, 5) is 38.5. The van der Waals surface area contributed by atoms with E-state index in [2.05, 4.69) is 5.32 Å². The SMILES string of the molecule is O=C1NC(=O)N(c2ccccc2F)C(=O)/C1=C/c1cccn1-c1ccc2ccccc2c1. The first-order valence-corrected chi connectivity index (χ1v) is 9.85. The number of barbiturate groups is 1. The second-order valence-electron chi connectivity index (χ2n) is 7.24. The molecule has 0 bridgehead atoms. The molecule has 32 heavy (non-hydrogen) atoms. The zero-order valence-corrected chi connectivity index (χ0v) is 16.7. The molecule has 3 aromatic carbocycles. The smallest absolute Gasteiger partial charge is 0.317 e. The van der Waals surface area contributed by atoms with E-state index in [0.29, 0.717) is 10.6 Å². The van der Waals surface area contributed by atoms with Crippen LogP contribution < -0.4 is 10.2 Å². The summed E-state index contributed by atoms with van der Waals surface area (Å²) in [5.41, 5.74) is 0.903. The van der Waals surface area contributed by atoms with Crippen molar-refractivity contribution in [2.45, 2.75) is 0 Å². The molecule has 0 saturated carbocycles. The molecule has 1 aliphatic rings. The lowest BCUT2D eigenvalue weighted by atomic mass is 10.1. The van der Waals surface area contributed by atoms with E-state index < -0.39 is 23.7 Å². The topological polar surface area (TPSA) is 71.4 Å². The number of halogens is 1. The molecule has 1 aliphatic heterocycles. The van der Waals surface area contributed by atoms with Gasteiger partial charge in [0.2, 0.25) is 0 Å². The van der Waals surface area contributed by atoms with E-state index in [1.165, 1.54) is 24.3 Å². The number of hydrogen-bond acceptors (Lipinski definition) is 3. The lowest BCUT2D eigenvalue weighted by Crippen LogP contribution is -2.54. The minimum Gasteiger partial charge on any atom is -0.317 e. The molecule has 0 radical (unpaired) electrons. The highest BCUT2D eigenvalue weighted by Gasteiger charge is 2.38. The molecule has 0 atom stereocenters. The summed E-state index contributed by atoms with van der Waals surface area (Å²) in [7, 11) is 0. The van der Waals surface area contributed by atoms with Gasteiger partial charge in [0.25, 0.3) is 11.8 Å². The van der Waals surface area contributed by atoms with Crippen LogP contribution in [0, 0.1) is 5.82 Å². The maximum Gasteiger partial charge on any atom is 0.336 e. The van der Waals surface area contributed by atoms with E-state index in [9.17, 15) is 18.8 Å². The molecule has 1 N–H and O–H groups in total. The third-order valence-electron chi connectivity index (χ3n) is 5.28. The van der Waals surface area contributed by atoms with Crippen LogP contribution in [0.1, 0.15) is 5.69 Å². The number of carbonyl (C=O) groups excluding carboxylic acids is 3. The number of fused-ring (bicyclic) bond motifs is 1. The number of anilines is 1. The number of rotatable bonds is 3. The zero-order valence-electron chi connectivity index (χ0n) is 16.7. The lowest BCUT2D eigenvalue weighted by Gasteiger charge is -2.26. The first-order chi connectivity index (χ1) is 15.5. The fourth-order valence-corrected chi connectivity index (χ4v) is 3.73. The van der Waals surface area contributed by atoms with Crippen molar-refractivity contribution in [3.8, 4) is 5.69 Å². The largest absolute Gasteiger partial charge is 0.336 e. The van der Waals surface area contributed by atoms with Crippen LogP contribution in [0.5, 0.6) is 0 Å². The highest BCUT2D eigenvalue weighted by atomic mass is 19.1. The molecule has 0 spiro atoms. The Morgan fingerprint density at radius 2 is 1.56 bits per heavy atom. The van der Waals surface area contributed by atoms with Crippen molar-refractivity contribution in [1.82, 2.24) is 9.88 Å². The van der Waals surface area contributed by atoms with Crippen LogP contribution in [0.2, 0.25) is 0 Å². The van der Waals surface area contributed by atoms with Crippen LogP contribution in [0.4, 0.5) is 14.9 Å². The van der Waals surface area contributed by atoms with Crippen LogP contribution >= 0.6 is 0 Å². The van der Waals surface area contributed by atoms with Gasteiger partial charge in [-0.05, 0) is 53.2 Å². The Balaban J connectivity index is 1.57. The Morgan fingerprint density at radius 1 is 0.812 bits per heavy atom. The molecule has 2 heterocycles. The first-order valence-electron chi connectivity index (χ1n) is 9.85. The third-order valence-corrected chi connectivity index (χ3v) is 5.28. The van der Waals surface area contributed by atoms with Crippen molar-refractivity contribution in [3.05, 3.63) is 102 Å². The Morgan fingerprint density at radius 3 is 2.38 bits per heavy atom. The van der Waals surface area contributed by atoms with Gasteiger partial charge in [0, 0.05) is 17.6 Å². The number of imide groups is 2. The van der Waals surface area contributed by atoms with E-state index in [0.717, 1.165) is 22.5 Å². The molecule has 0 aliphatic carbocycles. The molecular weight excluding hydrogens is 409 g/mol. The van der Waals surface area contributed by atoms with Gasteiger partial charge in [-0.1, -0.05) is 42.5 Å². The summed E-state index contributed by atoms with van der Waals surface area (Å²) in [5.74, 6) is -2.47. The monoisotopic (exact) mass is 425 g/mol. The zero-order chi connectivity index (χ0) is 22.2. The van der Waals surface area contributed by atoms with Gasteiger partial charge in [0.05, 0.1) is 5.69 Å². The van der Waals surface area contributed by atoms with E-state index in [1.807, 2.05) is 53.2 Å². The molecule has 5 rings (SSSR count). The van der Waals surface area contributed by atoms with Gasteiger partial charge in [0.15, 0.2) is 0 Å². The summed E-state index contributed by atoms with van der Waals surface area (Å²) in [6.45, 7) is 0. The number of aromatic nitrogens is 1. The van der Waals surface area contributed by atoms with E-state index >= 15 is 0 Å². The summed E-state index contributed by atoms with van der Waals surface area (Å²) < 4.78 is 16.1. The fraction of sp³-hybridized carbons (Fsp3) is 0. The Bertz CT molecular complexity index is 1440. The second kappa shape index (κ2) is 7.63. The van der Waals surface area contributed by atoms with Crippen LogP contribution in [-0.2, 0) is 9.59 Å². The number of hydrogen-bond donors (Lipinski definition) is 1. The summed E-state index contributed by atoms with van der Waals surface area (Å²) in [6.07, 6.45) is 3.20. The van der Waals surface area contributed by atoms with Crippen LogP contribution in [-0.4, -0.2) is 22.4 Å². The predicted octanol–water partition coefficient (Wildman–Crippen LogP) is 4.44. The number of benzene rings is 3. The van der Waals surface area contributed by atoms with Gasteiger partial charge in [-0.2, -0.15) is 0 Å². The van der Waals surface area contributed by atoms with Gasteiger partial charge in [-0.25, -0.2) is 14.1 Å². The van der Waals surface area contributed by atoms with Gasteiger partial charge >= 0.3 is 6.03 Å². The Labute approximate surface area is 182 Å².